The average Bonchev–Trinajstić information content (AvgIpc) is 2.14. The van der Waals surface area contributed by atoms with Gasteiger partial charge in [-0.05, 0) is 31.5 Å². The van der Waals surface area contributed by atoms with Crippen LogP contribution < -0.4 is 0 Å². The largest absolute Gasteiger partial charge is 0.377 e. The van der Waals surface area contributed by atoms with Crippen molar-refractivity contribution in [3.05, 3.63) is 37.1 Å². The zero-order valence-electron chi connectivity index (χ0n) is 7.58. The predicted octanol–water partition coefficient (Wildman–Crippen LogP) is 2.73. The van der Waals surface area contributed by atoms with E-state index in [0.717, 1.165) is 0 Å². The number of piperidine rings is 1. The van der Waals surface area contributed by atoms with Crippen molar-refractivity contribution >= 4 is 0 Å². The van der Waals surface area contributed by atoms with Crippen molar-refractivity contribution in [2.45, 2.75) is 19.3 Å². The van der Waals surface area contributed by atoms with Crippen LogP contribution in [0.5, 0.6) is 0 Å². The molecule has 1 aliphatic heterocycles. The molecule has 1 heterocycles. The maximum atomic E-state index is 3.61. The lowest BCUT2D eigenvalue weighted by atomic mass is 10.1. The third kappa shape index (κ3) is 3.42. The Morgan fingerprint density at radius 1 is 0.917 bits per heavy atom. The molecule has 0 atom stereocenters. The van der Waals surface area contributed by atoms with Crippen LogP contribution in [0.15, 0.2) is 37.1 Å². The van der Waals surface area contributed by atoms with Gasteiger partial charge in [-0.1, -0.05) is 24.8 Å². The summed E-state index contributed by atoms with van der Waals surface area (Å²) in [6, 6.07) is 0. The number of likely N-dealkylation sites (tertiary alicyclic amines) is 1. The fourth-order valence-electron chi connectivity index (χ4n) is 1.38. The summed E-state index contributed by atoms with van der Waals surface area (Å²) in [5.41, 5.74) is 0. The highest BCUT2D eigenvalue weighted by Crippen LogP contribution is 2.08. The highest BCUT2D eigenvalue weighted by atomic mass is 15.1. The Kier molecular flexibility index (Phi) is 4.28. The Morgan fingerprint density at radius 3 is 2.33 bits per heavy atom. The average molecular weight is 163 g/mol. The summed E-state index contributed by atoms with van der Waals surface area (Å²) in [4.78, 5) is 2.37. The lowest BCUT2D eigenvalue weighted by molar-refractivity contribution is 0.309. The second-order valence-electron chi connectivity index (χ2n) is 3.06. The van der Waals surface area contributed by atoms with Crippen LogP contribution in [0.3, 0.4) is 0 Å². The summed E-state index contributed by atoms with van der Waals surface area (Å²) in [6.07, 6.45) is 14.1. The van der Waals surface area contributed by atoms with Gasteiger partial charge in [0.25, 0.3) is 0 Å². The Balaban J connectivity index is 2.23. The molecule has 0 spiro atoms. The normalized spacial score (nSPS) is 19.2. The predicted molar refractivity (Wildman–Crippen MR) is 53.9 cm³/mol. The Bertz CT molecular complexity index is 173. The molecule has 0 aliphatic carbocycles. The summed E-state index contributed by atoms with van der Waals surface area (Å²) >= 11 is 0. The van der Waals surface area contributed by atoms with Gasteiger partial charge in [0.15, 0.2) is 0 Å². The van der Waals surface area contributed by atoms with Crippen LogP contribution in [0.25, 0.3) is 0 Å². The molecule has 1 fully saturated rings. The topological polar surface area (TPSA) is 3.24 Å². The van der Waals surface area contributed by atoms with Crippen molar-refractivity contribution in [1.82, 2.24) is 4.90 Å². The van der Waals surface area contributed by atoms with Crippen molar-refractivity contribution in [2.24, 2.45) is 0 Å². The summed E-state index contributed by atoms with van der Waals surface area (Å²) < 4.78 is 0. The molecule has 0 aromatic rings. The van der Waals surface area contributed by atoms with Gasteiger partial charge >= 0.3 is 0 Å². The maximum absolute atomic E-state index is 3.61. The van der Waals surface area contributed by atoms with Crippen LogP contribution >= 0.6 is 0 Å². The molecule has 0 radical (unpaired) electrons. The van der Waals surface area contributed by atoms with Crippen LogP contribution in [0.4, 0.5) is 0 Å². The van der Waals surface area contributed by atoms with Crippen LogP contribution in [0.1, 0.15) is 19.3 Å². The van der Waals surface area contributed by atoms with Crippen LogP contribution in [0, 0.1) is 0 Å². The van der Waals surface area contributed by atoms with Gasteiger partial charge in [-0.25, -0.2) is 0 Å². The molecule has 0 aromatic carbocycles. The first kappa shape index (κ1) is 9.11. The second-order valence-corrected chi connectivity index (χ2v) is 3.06. The Hall–Kier alpha value is -0.980. The molecule has 1 heteroatoms. The quantitative estimate of drug-likeness (QED) is 0.578. The van der Waals surface area contributed by atoms with E-state index in [1.807, 2.05) is 12.2 Å². The van der Waals surface area contributed by atoms with Gasteiger partial charge in [-0.15, -0.1) is 0 Å². The van der Waals surface area contributed by atoms with Gasteiger partial charge in [0.05, 0.1) is 0 Å². The number of nitrogens with zero attached hydrogens (tertiary/aromatic N) is 1. The van der Waals surface area contributed by atoms with Crippen LogP contribution in [-0.2, 0) is 0 Å². The number of hydrogen-bond acceptors (Lipinski definition) is 1. The molecule has 1 aliphatic rings. The van der Waals surface area contributed by atoms with Gasteiger partial charge in [-0.3, -0.25) is 0 Å². The molecular formula is C11H17N. The minimum absolute atomic E-state index is 1.22. The van der Waals surface area contributed by atoms with E-state index in [9.17, 15) is 0 Å². The van der Waals surface area contributed by atoms with Crippen molar-refractivity contribution in [2.75, 3.05) is 13.1 Å². The first-order valence-electron chi connectivity index (χ1n) is 4.63. The molecule has 0 saturated carbocycles. The SMILES string of the molecule is C=C/C=C\C=C/N1CCCCC1. The summed E-state index contributed by atoms with van der Waals surface area (Å²) in [6.45, 7) is 6.05. The molecule has 0 bridgehead atoms. The smallest absolute Gasteiger partial charge is 0.0172 e. The van der Waals surface area contributed by atoms with E-state index in [0.29, 0.717) is 0 Å². The monoisotopic (exact) mass is 163 g/mol. The molecular weight excluding hydrogens is 146 g/mol. The van der Waals surface area contributed by atoms with Gasteiger partial charge in [-0.2, -0.15) is 0 Å². The summed E-state index contributed by atoms with van der Waals surface area (Å²) in [5.74, 6) is 0. The number of rotatable bonds is 3. The molecule has 0 unspecified atom stereocenters. The maximum Gasteiger partial charge on any atom is 0.0172 e. The molecule has 0 amide bonds. The van der Waals surface area contributed by atoms with Crippen molar-refractivity contribution < 1.29 is 0 Å². The molecule has 1 saturated heterocycles. The van der Waals surface area contributed by atoms with E-state index in [-0.39, 0.29) is 0 Å². The minimum atomic E-state index is 1.22. The van der Waals surface area contributed by atoms with Gasteiger partial charge in [0, 0.05) is 13.1 Å². The molecule has 0 N–H and O–H groups in total. The van der Waals surface area contributed by atoms with Crippen LogP contribution in [-0.4, -0.2) is 18.0 Å². The fraction of sp³-hybridized carbons (Fsp3) is 0.455. The first-order valence-corrected chi connectivity index (χ1v) is 4.63. The first-order chi connectivity index (χ1) is 5.93. The van der Waals surface area contributed by atoms with Crippen LogP contribution in [0.2, 0.25) is 0 Å². The third-order valence-corrected chi connectivity index (χ3v) is 2.05. The van der Waals surface area contributed by atoms with E-state index in [1.54, 1.807) is 6.08 Å². The van der Waals surface area contributed by atoms with Crippen molar-refractivity contribution in [3.8, 4) is 0 Å². The van der Waals surface area contributed by atoms with Gasteiger partial charge in [0.2, 0.25) is 0 Å². The zero-order valence-corrected chi connectivity index (χ0v) is 7.58. The minimum Gasteiger partial charge on any atom is -0.377 e. The molecule has 1 rings (SSSR count). The van der Waals surface area contributed by atoms with Gasteiger partial charge in [0.1, 0.15) is 0 Å². The van der Waals surface area contributed by atoms with E-state index >= 15 is 0 Å². The standard InChI is InChI=1S/C11H17N/c1-2-3-4-6-9-12-10-7-5-8-11-12/h2-4,6,9H,1,5,7-8,10-11H2/b4-3-,9-6-. The van der Waals surface area contributed by atoms with E-state index in [4.69, 9.17) is 0 Å². The molecule has 66 valence electrons. The van der Waals surface area contributed by atoms with E-state index < -0.39 is 0 Å². The molecule has 1 nitrogen and oxygen atoms in total. The third-order valence-electron chi connectivity index (χ3n) is 2.05. The van der Waals surface area contributed by atoms with Crippen molar-refractivity contribution in [1.29, 1.82) is 0 Å². The lowest BCUT2D eigenvalue weighted by Gasteiger charge is -2.24. The molecule has 12 heavy (non-hydrogen) atoms. The Labute approximate surface area is 75.1 Å². The zero-order chi connectivity index (χ0) is 8.65. The second kappa shape index (κ2) is 5.64. The van der Waals surface area contributed by atoms with E-state index in [2.05, 4.69) is 23.8 Å². The Morgan fingerprint density at radius 2 is 1.67 bits per heavy atom. The lowest BCUT2D eigenvalue weighted by Crippen LogP contribution is -2.23. The van der Waals surface area contributed by atoms with Crippen molar-refractivity contribution in [3.63, 3.8) is 0 Å². The highest BCUT2D eigenvalue weighted by Gasteiger charge is 2.03. The summed E-state index contributed by atoms with van der Waals surface area (Å²) in [7, 11) is 0. The highest BCUT2D eigenvalue weighted by molar-refractivity contribution is 5.08. The fourth-order valence-corrected chi connectivity index (χ4v) is 1.38. The summed E-state index contributed by atoms with van der Waals surface area (Å²) in [5, 5.41) is 0. The molecule has 0 aromatic heterocycles. The van der Waals surface area contributed by atoms with Gasteiger partial charge < -0.3 is 4.90 Å². The van der Waals surface area contributed by atoms with E-state index in [1.165, 1.54) is 32.4 Å². The number of allylic oxidation sites excluding steroid dienone is 4. The number of hydrogen-bond donors (Lipinski definition) is 0.